The van der Waals surface area contributed by atoms with Crippen molar-refractivity contribution in [3.63, 3.8) is 0 Å². The van der Waals surface area contributed by atoms with E-state index in [2.05, 4.69) is 99.9 Å². The molecule has 1 aliphatic heterocycles. The van der Waals surface area contributed by atoms with E-state index in [1.807, 2.05) is 11.9 Å². The molecule has 14 nitrogen and oxygen atoms in total. The van der Waals surface area contributed by atoms with Gasteiger partial charge in [-0.2, -0.15) is 0 Å². The number of H-pyrrole nitrogens is 1. The van der Waals surface area contributed by atoms with E-state index in [0.717, 1.165) is 44.9 Å². The van der Waals surface area contributed by atoms with Gasteiger partial charge in [-0.05, 0) is 89.5 Å². The Hall–Kier alpha value is -4.81. The largest absolute Gasteiger partial charge is 0.458 e. The van der Waals surface area contributed by atoms with Crippen LogP contribution in [-0.4, -0.2) is 65.7 Å². The highest BCUT2D eigenvalue weighted by Crippen LogP contribution is 2.45. The highest BCUT2D eigenvalue weighted by Gasteiger charge is 2.39. The van der Waals surface area contributed by atoms with E-state index in [0.29, 0.717) is 43.7 Å². The van der Waals surface area contributed by atoms with E-state index in [1.165, 1.54) is 10.8 Å². The maximum absolute atomic E-state index is 14.0. The number of carbonyl (C=O) groups is 1. The average molecular weight is 832 g/mol. The SMILES string of the molecule is CC/C=C\C/C=C\C/C=C\C/C=C\C/C=C\C/C=C\CCC(=O)CCCN(C)CCNP(=O)(OC[C@H]1OC(n2cc(C)c(=O)[nH]c2=O)C[C@@H]1N=[N+]=[N-])Oc1ccccc1. The number of ether oxygens (including phenoxy) is 1. The Bertz CT molecular complexity index is 1950. The van der Waals surface area contributed by atoms with Gasteiger partial charge in [0.25, 0.3) is 5.56 Å². The van der Waals surface area contributed by atoms with Gasteiger partial charge in [0.2, 0.25) is 0 Å². The minimum absolute atomic E-state index is 0.135. The molecule has 1 saturated heterocycles. The van der Waals surface area contributed by atoms with E-state index < -0.39 is 37.4 Å². The zero-order valence-electron chi connectivity index (χ0n) is 34.8. The molecule has 1 aromatic carbocycles. The van der Waals surface area contributed by atoms with Crippen LogP contribution in [0.4, 0.5) is 0 Å². The summed E-state index contributed by atoms with van der Waals surface area (Å²) < 4.78 is 32.9. The van der Waals surface area contributed by atoms with Crippen LogP contribution in [0.25, 0.3) is 10.4 Å². The van der Waals surface area contributed by atoms with Crippen LogP contribution in [0.15, 0.2) is 124 Å². The van der Waals surface area contributed by atoms with Gasteiger partial charge in [-0.3, -0.25) is 23.7 Å². The van der Waals surface area contributed by atoms with Crippen LogP contribution in [-0.2, 0) is 18.6 Å². The van der Waals surface area contributed by atoms with Crippen LogP contribution in [0.2, 0.25) is 0 Å². The smallest absolute Gasteiger partial charge is 0.413 e. The number of Topliss-reactive ketones (excluding diaryl/α,β-unsaturated/α-hetero) is 1. The molecule has 320 valence electrons. The maximum Gasteiger partial charge on any atom is 0.458 e. The first-order valence-corrected chi connectivity index (χ1v) is 22.0. The number of hydrogen-bond donors (Lipinski definition) is 2. The number of azide groups is 1. The molecule has 4 atom stereocenters. The van der Waals surface area contributed by atoms with Gasteiger partial charge in [0.1, 0.15) is 17.8 Å². The predicted molar refractivity (Wildman–Crippen MR) is 235 cm³/mol. The number of aromatic nitrogens is 2. The van der Waals surface area contributed by atoms with E-state index in [-0.39, 0.29) is 25.4 Å². The second-order valence-electron chi connectivity index (χ2n) is 14.1. The van der Waals surface area contributed by atoms with Crippen molar-refractivity contribution in [1.29, 1.82) is 0 Å². The fourth-order valence-electron chi connectivity index (χ4n) is 5.96. The highest BCUT2D eigenvalue weighted by atomic mass is 31.2. The van der Waals surface area contributed by atoms with Crippen LogP contribution in [0.1, 0.15) is 89.3 Å². The van der Waals surface area contributed by atoms with Crippen LogP contribution in [0.3, 0.4) is 0 Å². The molecule has 0 saturated carbocycles. The molecule has 2 aromatic rings. The summed E-state index contributed by atoms with van der Waals surface area (Å²) in [6, 6.07) is 7.84. The standard InChI is InChI=1S/C44H62N7O7P/c1-4-5-6-7-8-9-10-11-12-13-14-15-16-17-18-19-20-21-23-27-38(52)28-26-32-50(3)33-31-46-59(55,58-39-29-24-22-25-30-39)56-36-41-40(48-49-45)34-42(57-41)51-35-37(2)43(53)47-44(51)54/h5-6,8-9,11-12,14-15,17-18,20-22,24-25,29-30,35,40-42H,4,7,10,13,16,19,23,26-28,31-34,36H2,1-3H3,(H,46,55)(H,47,53,54)/b6-5-,9-8-,12-11-,15-14-,18-17-,21-20-/t40-,41+,42?,59?/m0/s1. The first-order valence-electron chi connectivity index (χ1n) is 20.5. The molecule has 2 N–H and O–H groups in total. The van der Waals surface area contributed by atoms with Crippen molar-refractivity contribution < 1.29 is 23.1 Å². The third kappa shape index (κ3) is 20.1. The zero-order valence-corrected chi connectivity index (χ0v) is 35.7. The Labute approximate surface area is 348 Å². The van der Waals surface area contributed by atoms with Gasteiger partial charge in [0, 0.05) is 49.0 Å². The van der Waals surface area contributed by atoms with Crippen molar-refractivity contribution in [2.24, 2.45) is 5.11 Å². The number of likely N-dealkylation sites (N-methyl/N-ethyl adjacent to an activating group) is 1. The van der Waals surface area contributed by atoms with Crippen LogP contribution in [0.5, 0.6) is 5.75 Å². The van der Waals surface area contributed by atoms with E-state index in [4.69, 9.17) is 13.8 Å². The van der Waals surface area contributed by atoms with E-state index >= 15 is 0 Å². The second kappa shape index (κ2) is 28.6. The van der Waals surface area contributed by atoms with Gasteiger partial charge in [0.05, 0.1) is 18.8 Å². The van der Waals surface area contributed by atoms with Crippen LogP contribution >= 0.6 is 7.75 Å². The summed E-state index contributed by atoms with van der Waals surface area (Å²) in [4.78, 5) is 44.0. The number of benzene rings is 1. The molecular formula is C44H62N7O7P. The number of allylic oxidation sites excluding steroid dienone is 12. The van der Waals surface area contributed by atoms with Gasteiger partial charge in [-0.25, -0.2) is 14.4 Å². The summed E-state index contributed by atoms with van der Waals surface area (Å²) in [5, 5.41) is 6.73. The Kier molecular flexibility index (Phi) is 23.5. The molecule has 0 amide bonds. The average Bonchev–Trinajstić information content (AvgIpc) is 3.62. The molecule has 59 heavy (non-hydrogen) atoms. The lowest BCUT2D eigenvalue weighted by atomic mass is 10.1. The molecule has 3 rings (SSSR count). The predicted octanol–water partition coefficient (Wildman–Crippen LogP) is 9.36. The Morgan fingerprint density at radius 2 is 1.58 bits per heavy atom. The van der Waals surface area contributed by atoms with Gasteiger partial charge in [0.15, 0.2) is 0 Å². The summed E-state index contributed by atoms with van der Waals surface area (Å²) in [6.07, 6.45) is 34.0. The first kappa shape index (κ1) is 48.6. The number of nitrogens with zero attached hydrogens (tertiary/aromatic N) is 5. The number of hydrogen-bond acceptors (Lipinski definition) is 9. The molecule has 0 aliphatic carbocycles. The Balaban J connectivity index is 1.34. The normalized spacial score (nSPS) is 18.3. The summed E-state index contributed by atoms with van der Waals surface area (Å²) in [6.45, 7) is 4.85. The molecular weight excluding hydrogens is 769 g/mol. The number of para-hydroxylation sites is 1. The topological polar surface area (TPSA) is 181 Å². The minimum Gasteiger partial charge on any atom is -0.413 e. The Morgan fingerprint density at radius 1 is 0.966 bits per heavy atom. The molecule has 15 heteroatoms. The fourth-order valence-corrected chi connectivity index (χ4v) is 7.29. The minimum atomic E-state index is -3.97. The Morgan fingerprint density at radius 3 is 2.19 bits per heavy atom. The number of ketones is 1. The van der Waals surface area contributed by atoms with Crippen molar-refractivity contribution in [2.75, 3.05) is 33.3 Å². The number of carbonyl (C=O) groups excluding carboxylic acids is 1. The second-order valence-corrected chi connectivity index (χ2v) is 15.9. The maximum atomic E-state index is 14.0. The summed E-state index contributed by atoms with van der Waals surface area (Å²) in [5.41, 5.74) is 8.32. The van der Waals surface area contributed by atoms with Crippen molar-refractivity contribution in [3.8, 4) is 5.75 Å². The molecule has 2 heterocycles. The number of aromatic amines is 1. The van der Waals surface area contributed by atoms with Crippen molar-refractivity contribution in [2.45, 2.75) is 103 Å². The molecule has 0 spiro atoms. The number of nitrogens with one attached hydrogen (secondary N) is 2. The third-order valence-corrected chi connectivity index (χ3v) is 10.8. The first-order chi connectivity index (χ1) is 28.6. The number of aryl methyl sites for hydroxylation is 1. The molecule has 2 unspecified atom stereocenters. The van der Waals surface area contributed by atoms with Gasteiger partial charge >= 0.3 is 13.4 Å². The fraction of sp³-hybridized carbons (Fsp3) is 0.477. The monoisotopic (exact) mass is 831 g/mol. The number of rotatable bonds is 29. The van der Waals surface area contributed by atoms with Gasteiger partial charge in [-0.15, -0.1) is 0 Å². The van der Waals surface area contributed by atoms with Crippen LogP contribution < -0.4 is 20.9 Å². The lowest BCUT2D eigenvalue weighted by Gasteiger charge is -2.24. The van der Waals surface area contributed by atoms with Gasteiger partial charge < -0.3 is 14.2 Å². The lowest BCUT2D eigenvalue weighted by molar-refractivity contribution is -0.119. The van der Waals surface area contributed by atoms with E-state index in [1.54, 1.807) is 37.3 Å². The lowest BCUT2D eigenvalue weighted by Crippen LogP contribution is -2.33. The quantitative estimate of drug-likeness (QED) is 0.0265. The summed E-state index contributed by atoms with van der Waals surface area (Å²) >= 11 is 0. The summed E-state index contributed by atoms with van der Waals surface area (Å²) in [7, 11) is -2.05. The van der Waals surface area contributed by atoms with Crippen molar-refractivity contribution in [3.05, 3.63) is 146 Å². The molecule has 1 aromatic heterocycles. The van der Waals surface area contributed by atoms with Gasteiger partial charge in [-0.1, -0.05) is 103 Å². The van der Waals surface area contributed by atoms with E-state index in [9.17, 15) is 24.5 Å². The van der Waals surface area contributed by atoms with Crippen molar-refractivity contribution >= 4 is 13.5 Å². The highest BCUT2D eigenvalue weighted by molar-refractivity contribution is 7.52. The zero-order chi connectivity index (χ0) is 42.6. The summed E-state index contributed by atoms with van der Waals surface area (Å²) in [5.74, 6) is 0.549. The molecule has 0 radical (unpaired) electrons. The van der Waals surface area contributed by atoms with Crippen LogP contribution in [0, 0.1) is 6.92 Å². The molecule has 1 fully saturated rings. The third-order valence-electron chi connectivity index (χ3n) is 9.22. The van der Waals surface area contributed by atoms with Crippen molar-refractivity contribution in [1.82, 2.24) is 19.5 Å². The molecule has 0 bridgehead atoms. The molecule has 1 aliphatic rings.